The number of aliphatic carboxylic acids is 1. The van der Waals surface area contributed by atoms with Crippen LogP contribution in [-0.2, 0) is 16.0 Å². The Bertz CT molecular complexity index is 507. The van der Waals surface area contributed by atoms with Gasteiger partial charge in [-0.3, -0.25) is 0 Å². The maximum atomic E-state index is 12.0. The third-order valence-electron chi connectivity index (χ3n) is 3.73. The van der Waals surface area contributed by atoms with Crippen LogP contribution in [0.1, 0.15) is 25.3 Å². The zero-order valence-corrected chi connectivity index (χ0v) is 12.0. The first-order chi connectivity index (χ1) is 10.1. The molecule has 3 N–H and O–H groups in total. The van der Waals surface area contributed by atoms with Crippen LogP contribution in [0, 0.1) is 0 Å². The van der Waals surface area contributed by atoms with E-state index in [2.05, 4.69) is 17.6 Å². The lowest BCUT2D eigenvalue weighted by atomic mass is 9.90. The average Bonchev–Trinajstić information content (AvgIpc) is 2.48. The van der Waals surface area contributed by atoms with Gasteiger partial charge in [-0.05, 0) is 24.1 Å². The molecule has 0 bridgehead atoms. The van der Waals surface area contributed by atoms with Gasteiger partial charge in [0.15, 0.2) is 0 Å². The minimum atomic E-state index is -1.24. The van der Waals surface area contributed by atoms with Crippen LogP contribution in [0.2, 0.25) is 0 Å². The first kappa shape index (κ1) is 15.3. The molecule has 1 aliphatic rings. The smallest absolute Gasteiger partial charge is 0.329 e. The van der Waals surface area contributed by atoms with Gasteiger partial charge in [-0.1, -0.05) is 19.1 Å². The molecule has 1 fully saturated rings. The predicted molar refractivity (Wildman–Crippen MR) is 78.4 cm³/mol. The second-order valence-corrected chi connectivity index (χ2v) is 5.13. The van der Waals surface area contributed by atoms with Crippen LogP contribution in [0.4, 0.5) is 10.5 Å². The molecule has 1 aromatic rings. The summed E-state index contributed by atoms with van der Waals surface area (Å²) < 4.78 is 5.17. The molecule has 0 unspecified atom stereocenters. The minimum Gasteiger partial charge on any atom is -0.480 e. The van der Waals surface area contributed by atoms with E-state index in [4.69, 9.17) is 4.74 Å². The molecule has 0 saturated carbocycles. The van der Waals surface area contributed by atoms with Gasteiger partial charge in [-0.15, -0.1) is 0 Å². The van der Waals surface area contributed by atoms with Crippen molar-refractivity contribution in [3.63, 3.8) is 0 Å². The molecule has 0 radical (unpaired) electrons. The molecule has 0 aromatic heterocycles. The van der Waals surface area contributed by atoms with Crippen molar-refractivity contribution in [1.29, 1.82) is 0 Å². The van der Waals surface area contributed by atoms with E-state index in [1.165, 1.54) is 5.56 Å². The number of carbonyl (C=O) groups is 2. The Kier molecular flexibility index (Phi) is 4.80. The van der Waals surface area contributed by atoms with E-state index < -0.39 is 17.5 Å². The van der Waals surface area contributed by atoms with Gasteiger partial charge in [-0.2, -0.15) is 0 Å². The van der Waals surface area contributed by atoms with Gasteiger partial charge >= 0.3 is 12.0 Å². The number of amides is 2. The summed E-state index contributed by atoms with van der Waals surface area (Å²) in [5, 5.41) is 14.6. The van der Waals surface area contributed by atoms with E-state index in [9.17, 15) is 14.7 Å². The summed E-state index contributed by atoms with van der Waals surface area (Å²) in [6.07, 6.45) is 1.46. The Labute approximate surface area is 123 Å². The van der Waals surface area contributed by atoms with Gasteiger partial charge in [-0.25, -0.2) is 9.59 Å². The molecule has 1 saturated heterocycles. The standard InChI is InChI=1S/C15H20N2O4/c1-2-11-3-5-12(6-4-11)16-14(20)17-15(13(18)19)7-9-21-10-8-15/h3-6H,2,7-10H2,1H3,(H,18,19)(H2,16,17,20). The fourth-order valence-corrected chi connectivity index (χ4v) is 2.32. The van der Waals surface area contributed by atoms with Crippen molar-refractivity contribution in [2.45, 2.75) is 31.7 Å². The molecule has 1 heterocycles. The largest absolute Gasteiger partial charge is 0.480 e. The first-order valence-corrected chi connectivity index (χ1v) is 7.05. The third kappa shape index (κ3) is 3.72. The lowest BCUT2D eigenvalue weighted by Gasteiger charge is -2.33. The third-order valence-corrected chi connectivity index (χ3v) is 3.73. The SMILES string of the molecule is CCc1ccc(NC(=O)NC2(C(=O)O)CCOCC2)cc1. The predicted octanol–water partition coefficient (Wildman–Crippen LogP) is 2.00. The molecule has 6 heteroatoms. The topological polar surface area (TPSA) is 87.7 Å². The molecule has 21 heavy (non-hydrogen) atoms. The quantitative estimate of drug-likeness (QED) is 0.792. The molecule has 2 rings (SSSR count). The number of rotatable bonds is 4. The average molecular weight is 292 g/mol. The molecular weight excluding hydrogens is 272 g/mol. The van der Waals surface area contributed by atoms with Gasteiger partial charge in [0, 0.05) is 31.7 Å². The van der Waals surface area contributed by atoms with E-state index in [1.54, 1.807) is 12.1 Å². The number of hydrogen-bond donors (Lipinski definition) is 3. The summed E-state index contributed by atoms with van der Waals surface area (Å²) in [5.74, 6) is -1.03. The summed E-state index contributed by atoms with van der Waals surface area (Å²) in [5.41, 5.74) is 0.566. The number of urea groups is 1. The number of anilines is 1. The molecule has 1 aliphatic heterocycles. The molecular formula is C15H20N2O4. The number of benzene rings is 1. The number of carbonyl (C=O) groups excluding carboxylic acids is 1. The lowest BCUT2D eigenvalue weighted by Crippen LogP contribution is -2.58. The molecule has 2 amide bonds. The highest BCUT2D eigenvalue weighted by Gasteiger charge is 2.41. The zero-order valence-electron chi connectivity index (χ0n) is 12.0. The lowest BCUT2D eigenvalue weighted by molar-refractivity contribution is -0.148. The number of hydrogen-bond acceptors (Lipinski definition) is 3. The molecule has 1 aromatic carbocycles. The normalized spacial score (nSPS) is 17.0. The van der Waals surface area contributed by atoms with Gasteiger partial charge in [0.1, 0.15) is 5.54 Å². The van der Waals surface area contributed by atoms with Crippen molar-refractivity contribution in [2.75, 3.05) is 18.5 Å². The van der Waals surface area contributed by atoms with E-state index in [0.717, 1.165) is 6.42 Å². The molecule has 114 valence electrons. The molecule has 0 spiro atoms. The van der Waals surface area contributed by atoms with Gasteiger partial charge < -0.3 is 20.5 Å². The molecule has 0 atom stereocenters. The fraction of sp³-hybridized carbons (Fsp3) is 0.467. The zero-order chi connectivity index (χ0) is 15.3. The highest BCUT2D eigenvalue weighted by Crippen LogP contribution is 2.21. The van der Waals surface area contributed by atoms with Gasteiger partial charge in [0.25, 0.3) is 0 Å². The van der Waals surface area contributed by atoms with E-state index >= 15 is 0 Å². The summed E-state index contributed by atoms with van der Waals surface area (Å²) in [6.45, 7) is 2.71. The van der Waals surface area contributed by atoms with Crippen molar-refractivity contribution in [3.05, 3.63) is 29.8 Å². The summed E-state index contributed by atoms with van der Waals surface area (Å²) in [4.78, 5) is 23.5. The van der Waals surface area contributed by atoms with Crippen LogP contribution in [-0.4, -0.2) is 35.9 Å². The van der Waals surface area contributed by atoms with Crippen LogP contribution in [0.5, 0.6) is 0 Å². The van der Waals surface area contributed by atoms with Crippen molar-refractivity contribution in [3.8, 4) is 0 Å². The number of carboxylic acid groups (broad SMARTS) is 1. The van der Waals surface area contributed by atoms with Crippen molar-refractivity contribution in [2.24, 2.45) is 0 Å². The number of aryl methyl sites for hydroxylation is 1. The van der Waals surface area contributed by atoms with E-state index in [0.29, 0.717) is 18.9 Å². The monoisotopic (exact) mass is 292 g/mol. The highest BCUT2D eigenvalue weighted by molar-refractivity contribution is 5.94. The number of carboxylic acids is 1. The van der Waals surface area contributed by atoms with Crippen LogP contribution < -0.4 is 10.6 Å². The molecule has 0 aliphatic carbocycles. The van der Waals surface area contributed by atoms with Crippen LogP contribution >= 0.6 is 0 Å². The van der Waals surface area contributed by atoms with Crippen molar-refractivity contribution >= 4 is 17.7 Å². The molecule has 6 nitrogen and oxygen atoms in total. The Hall–Kier alpha value is -2.08. The van der Waals surface area contributed by atoms with Gasteiger partial charge in [0.2, 0.25) is 0 Å². The van der Waals surface area contributed by atoms with Crippen molar-refractivity contribution in [1.82, 2.24) is 5.32 Å². The fourth-order valence-electron chi connectivity index (χ4n) is 2.32. The first-order valence-electron chi connectivity index (χ1n) is 7.05. The summed E-state index contributed by atoms with van der Waals surface area (Å²) in [7, 11) is 0. The van der Waals surface area contributed by atoms with Crippen molar-refractivity contribution < 1.29 is 19.4 Å². The summed E-state index contributed by atoms with van der Waals surface area (Å²) in [6, 6.07) is 6.95. The Morgan fingerprint density at radius 1 is 1.24 bits per heavy atom. The highest BCUT2D eigenvalue weighted by atomic mass is 16.5. The minimum absolute atomic E-state index is 0.268. The second kappa shape index (κ2) is 6.58. The number of nitrogens with one attached hydrogen (secondary N) is 2. The van der Waals surface area contributed by atoms with Gasteiger partial charge in [0.05, 0.1) is 0 Å². The van der Waals surface area contributed by atoms with Crippen LogP contribution in [0.15, 0.2) is 24.3 Å². The maximum Gasteiger partial charge on any atom is 0.329 e. The van der Waals surface area contributed by atoms with E-state index in [1.807, 2.05) is 12.1 Å². The van der Waals surface area contributed by atoms with E-state index in [-0.39, 0.29) is 12.8 Å². The van der Waals surface area contributed by atoms with Crippen LogP contribution in [0.25, 0.3) is 0 Å². The second-order valence-electron chi connectivity index (χ2n) is 5.13. The maximum absolute atomic E-state index is 12.0. The Morgan fingerprint density at radius 3 is 2.38 bits per heavy atom. The Balaban J connectivity index is 2.00. The Morgan fingerprint density at radius 2 is 1.86 bits per heavy atom. The number of ether oxygens (including phenoxy) is 1. The van der Waals surface area contributed by atoms with Crippen LogP contribution in [0.3, 0.4) is 0 Å². The summed E-state index contributed by atoms with van der Waals surface area (Å²) >= 11 is 0.